The van der Waals surface area contributed by atoms with Crippen molar-refractivity contribution in [3.63, 3.8) is 0 Å². The molecule has 1 rings (SSSR count). The van der Waals surface area contributed by atoms with Crippen molar-refractivity contribution < 1.29 is 13.6 Å². The molecule has 8 heteroatoms. The van der Waals surface area contributed by atoms with E-state index in [0.717, 1.165) is 11.3 Å². The number of hydrogen-bond donors (Lipinski definition) is 3. The quantitative estimate of drug-likeness (QED) is 0.535. The number of nitrogens with two attached hydrogens (primary N) is 1. The lowest BCUT2D eigenvalue weighted by molar-refractivity contribution is 0.0962. The van der Waals surface area contributed by atoms with Crippen LogP contribution >= 0.6 is 23.1 Å². The molecular formula is C11H15F2N3OS2. The Morgan fingerprint density at radius 3 is 2.84 bits per heavy atom. The number of anilines is 2. The summed E-state index contributed by atoms with van der Waals surface area (Å²) in [5.74, 6) is -0.331. The van der Waals surface area contributed by atoms with Crippen molar-refractivity contribution in [2.24, 2.45) is 0 Å². The molecule has 106 valence electrons. The Balaban J connectivity index is 2.94. The van der Waals surface area contributed by atoms with Crippen LogP contribution in [0.4, 0.5) is 19.5 Å². The molecule has 0 spiro atoms. The zero-order chi connectivity index (χ0) is 14.4. The smallest absolute Gasteiger partial charge is 0.263 e. The predicted octanol–water partition coefficient (Wildman–Crippen LogP) is 2.64. The van der Waals surface area contributed by atoms with Gasteiger partial charge in [-0.1, -0.05) is 6.08 Å². The summed E-state index contributed by atoms with van der Waals surface area (Å²) in [7, 11) is 0. The van der Waals surface area contributed by atoms with Crippen molar-refractivity contribution in [1.82, 2.24) is 5.32 Å². The largest absolute Gasteiger partial charge is 0.396 e. The molecule has 19 heavy (non-hydrogen) atoms. The van der Waals surface area contributed by atoms with Crippen molar-refractivity contribution in [2.45, 2.75) is 11.3 Å². The number of hydrogen-bond acceptors (Lipinski definition) is 5. The lowest BCUT2D eigenvalue weighted by atomic mass is 10.3. The fourth-order valence-electron chi connectivity index (χ4n) is 1.33. The van der Waals surface area contributed by atoms with Crippen LogP contribution in [0.1, 0.15) is 9.67 Å². The second-order valence-electron chi connectivity index (χ2n) is 3.48. The van der Waals surface area contributed by atoms with E-state index >= 15 is 0 Å². The van der Waals surface area contributed by atoms with Crippen LogP contribution in [-0.2, 0) is 0 Å². The molecule has 0 aliphatic carbocycles. The average Bonchev–Trinajstić information content (AvgIpc) is 2.69. The number of amides is 1. The average molecular weight is 307 g/mol. The Morgan fingerprint density at radius 2 is 2.32 bits per heavy atom. The Kier molecular flexibility index (Phi) is 6.10. The molecule has 1 aromatic rings. The van der Waals surface area contributed by atoms with Gasteiger partial charge in [0.15, 0.2) is 0 Å². The van der Waals surface area contributed by atoms with Gasteiger partial charge in [0.05, 0.1) is 17.1 Å². The topological polar surface area (TPSA) is 67.2 Å². The first-order valence-corrected chi connectivity index (χ1v) is 7.42. The van der Waals surface area contributed by atoms with E-state index in [-0.39, 0.29) is 5.91 Å². The molecule has 0 saturated heterocycles. The molecule has 0 aliphatic rings. The minimum Gasteiger partial charge on any atom is -0.396 e. The van der Waals surface area contributed by atoms with Crippen LogP contribution in [0.15, 0.2) is 17.6 Å². The normalized spacial score (nSPS) is 10.5. The Hall–Kier alpha value is -1.28. The fraction of sp³-hybridized carbons (Fsp3) is 0.364. The minimum absolute atomic E-state index is 0.316. The minimum atomic E-state index is -2.46. The van der Waals surface area contributed by atoms with Gasteiger partial charge in [0.25, 0.3) is 12.3 Å². The van der Waals surface area contributed by atoms with Gasteiger partial charge in [-0.3, -0.25) is 4.79 Å². The Bertz CT molecular complexity index is 463. The highest BCUT2D eigenvalue weighted by molar-refractivity contribution is 7.99. The van der Waals surface area contributed by atoms with Gasteiger partial charge in [0.2, 0.25) is 0 Å². The molecule has 1 amide bonds. The maximum atomic E-state index is 12.2. The molecule has 0 unspecified atom stereocenters. The van der Waals surface area contributed by atoms with Gasteiger partial charge in [0.1, 0.15) is 9.88 Å². The van der Waals surface area contributed by atoms with Gasteiger partial charge in [-0.2, -0.15) is 0 Å². The van der Waals surface area contributed by atoms with Gasteiger partial charge >= 0.3 is 0 Å². The van der Waals surface area contributed by atoms with Crippen molar-refractivity contribution in [2.75, 3.05) is 30.4 Å². The summed E-state index contributed by atoms with van der Waals surface area (Å²) in [6.07, 6.45) is 0.862. The van der Waals surface area contributed by atoms with Gasteiger partial charge in [-0.05, 0) is 6.26 Å². The number of carbonyl (C=O) groups is 1. The number of alkyl halides is 2. The summed E-state index contributed by atoms with van der Waals surface area (Å²) in [5, 5.41) is 5.71. The Morgan fingerprint density at radius 1 is 1.63 bits per heavy atom. The van der Waals surface area contributed by atoms with Crippen LogP contribution in [0.3, 0.4) is 0 Å². The van der Waals surface area contributed by atoms with E-state index in [2.05, 4.69) is 17.2 Å². The highest BCUT2D eigenvalue weighted by Crippen LogP contribution is 2.41. The lowest BCUT2D eigenvalue weighted by Crippen LogP contribution is -2.23. The third kappa shape index (κ3) is 4.10. The first kappa shape index (κ1) is 15.8. The maximum Gasteiger partial charge on any atom is 0.263 e. The predicted molar refractivity (Wildman–Crippen MR) is 77.5 cm³/mol. The van der Waals surface area contributed by atoms with E-state index < -0.39 is 13.0 Å². The van der Waals surface area contributed by atoms with Crippen molar-refractivity contribution in [1.29, 1.82) is 0 Å². The molecular weight excluding hydrogens is 292 g/mol. The number of thioether (sulfide) groups is 1. The van der Waals surface area contributed by atoms with E-state index in [9.17, 15) is 13.6 Å². The zero-order valence-corrected chi connectivity index (χ0v) is 12.0. The van der Waals surface area contributed by atoms with Gasteiger partial charge < -0.3 is 16.4 Å². The number of rotatable bonds is 7. The monoisotopic (exact) mass is 307 g/mol. The summed E-state index contributed by atoms with van der Waals surface area (Å²) in [6.45, 7) is 3.35. The van der Waals surface area contributed by atoms with Crippen molar-refractivity contribution in [3.05, 3.63) is 17.5 Å². The molecule has 0 radical (unpaired) electrons. The van der Waals surface area contributed by atoms with Gasteiger partial charge in [-0.25, -0.2) is 8.78 Å². The number of nitrogens with one attached hydrogen (secondary N) is 2. The molecule has 0 fully saturated rings. The van der Waals surface area contributed by atoms with Crippen LogP contribution in [0.2, 0.25) is 0 Å². The second kappa shape index (κ2) is 7.34. The standard InChI is InChI=1S/C11H15F2N3OS2/c1-3-4-15-10(17)8-7(14)9(18-2)11(19-8)16-5-6(12)13/h3,6,16H,1,4-5,14H2,2H3,(H,15,17). The van der Waals surface area contributed by atoms with E-state index in [1.807, 2.05) is 0 Å². The maximum absolute atomic E-state index is 12.2. The third-order valence-corrected chi connectivity index (χ3v) is 4.26. The second-order valence-corrected chi connectivity index (χ2v) is 5.32. The van der Waals surface area contributed by atoms with E-state index in [1.54, 1.807) is 12.3 Å². The summed E-state index contributed by atoms with van der Waals surface area (Å²) < 4.78 is 24.4. The van der Waals surface area contributed by atoms with Crippen LogP contribution in [0.5, 0.6) is 0 Å². The fourth-order valence-corrected chi connectivity index (χ4v) is 3.29. The highest BCUT2D eigenvalue weighted by Gasteiger charge is 2.20. The van der Waals surface area contributed by atoms with Crippen molar-refractivity contribution in [3.8, 4) is 0 Å². The van der Waals surface area contributed by atoms with Crippen LogP contribution < -0.4 is 16.4 Å². The first-order valence-electron chi connectivity index (χ1n) is 5.38. The number of thiophene rings is 1. The molecule has 0 atom stereocenters. The molecule has 0 aliphatic heterocycles. The molecule has 0 aromatic carbocycles. The van der Waals surface area contributed by atoms with Crippen molar-refractivity contribution >= 4 is 39.7 Å². The molecule has 4 nitrogen and oxygen atoms in total. The van der Waals surface area contributed by atoms with Crippen LogP contribution in [0.25, 0.3) is 0 Å². The molecule has 1 aromatic heterocycles. The number of halogens is 2. The zero-order valence-electron chi connectivity index (χ0n) is 10.3. The first-order chi connectivity index (χ1) is 9.01. The van der Waals surface area contributed by atoms with Gasteiger partial charge in [-0.15, -0.1) is 29.7 Å². The summed E-state index contributed by atoms with van der Waals surface area (Å²) in [5.41, 5.74) is 6.18. The van der Waals surface area contributed by atoms with Crippen LogP contribution in [-0.4, -0.2) is 31.7 Å². The molecule has 0 bridgehead atoms. The number of nitrogen functional groups attached to an aromatic ring is 1. The SMILES string of the molecule is C=CCNC(=O)c1sc(NCC(F)F)c(SC)c1N. The Labute approximate surface area is 118 Å². The lowest BCUT2D eigenvalue weighted by Gasteiger charge is -2.04. The summed E-state index contributed by atoms with van der Waals surface area (Å²) in [4.78, 5) is 12.8. The van der Waals surface area contributed by atoms with Gasteiger partial charge in [0, 0.05) is 6.54 Å². The number of carbonyl (C=O) groups excluding carboxylic acids is 1. The third-order valence-electron chi connectivity index (χ3n) is 2.13. The van der Waals surface area contributed by atoms with E-state index in [4.69, 9.17) is 5.73 Å². The summed E-state index contributed by atoms with van der Waals surface area (Å²) >= 11 is 2.39. The van der Waals surface area contributed by atoms with E-state index in [1.165, 1.54) is 11.8 Å². The highest BCUT2D eigenvalue weighted by atomic mass is 32.2. The molecule has 4 N–H and O–H groups in total. The molecule has 0 saturated carbocycles. The van der Waals surface area contributed by atoms with Crippen LogP contribution in [0, 0.1) is 0 Å². The summed E-state index contributed by atoms with van der Waals surface area (Å²) in [6, 6.07) is 0. The molecule has 1 heterocycles. The van der Waals surface area contributed by atoms with E-state index in [0.29, 0.717) is 27.0 Å².